The van der Waals surface area contributed by atoms with Crippen molar-refractivity contribution in [2.45, 2.75) is 69.0 Å². The molecule has 1 unspecified atom stereocenters. The molecule has 1 saturated heterocycles. The average molecular weight is 744 g/mol. The van der Waals surface area contributed by atoms with Crippen molar-refractivity contribution in [3.05, 3.63) is 89.8 Å². The number of benzene rings is 2. The van der Waals surface area contributed by atoms with Crippen LogP contribution in [0.5, 0.6) is 0 Å². The number of halogens is 1. The van der Waals surface area contributed by atoms with E-state index in [0.717, 1.165) is 11.1 Å². The van der Waals surface area contributed by atoms with Gasteiger partial charge in [0.1, 0.15) is 29.3 Å². The molecule has 236 valence electrons. The molecule has 11 nitrogen and oxygen atoms in total. The number of hydrogen-bond acceptors (Lipinski definition) is 7. The quantitative estimate of drug-likeness (QED) is 0.166. The van der Waals surface area contributed by atoms with Gasteiger partial charge >= 0.3 is 23.8 Å². The Morgan fingerprint density at radius 3 is 2.24 bits per heavy atom. The molecule has 3 atom stereocenters. The van der Waals surface area contributed by atoms with Crippen LogP contribution in [0.25, 0.3) is 5.70 Å². The molecule has 0 spiro atoms. The van der Waals surface area contributed by atoms with E-state index in [1.54, 1.807) is 37.7 Å². The lowest BCUT2D eigenvalue weighted by atomic mass is 10.0. The van der Waals surface area contributed by atoms with Crippen LogP contribution in [-0.4, -0.2) is 55.7 Å². The Morgan fingerprint density at radius 2 is 1.64 bits per heavy atom. The van der Waals surface area contributed by atoms with Gasteiger partial charge in [0.15, 0.2) is 11.8 Å². The SMILES string of the molecule is CC1S[C@@H]2[C@H](NC(=O)OC(C)(C)C)C(=O)N2C(C(=O)OC(c2ccccc2)c2ccccc2)=C1n1ccc2[n+]1CCC(=O)N2.[I-]. The number of carbonyl (C=O) groups excluding carboxylic acids is 4. The van der Waals surface area contributed by atoms with Crippen LogP contribution >= 0.6 is 11.8 Å². The first-order chi connectivity index (χ1) is 21.0. The van der Waals surface area contributed by atoms with Gasteiger partial charge in [0.25, 0.3) is 5.91 Å². The normalized spacial score (nSPS) is 20.7. The van der Waals surface area contributed by atoms with Crippen molar-refractivity contribution in [2.75, 3.05) is 5.32 Å². The van der Waals surface area contributed by atoms with Crippen LogP contribution in [0.3, 0.4) is 0 Å². The molecule has 4 heterocycles. The summed E-state index contributed by atoms with van der Waals surface area (Å²) in [5.74, 6) is -0.626. The number of rotatable bonds is 6. The van der Waals surface area contributed by atoms with Gasteiger partial charge < -0.3 is 38.8 Å². The molecule has 0 aliphatic carbocycles. The number of nitrogens with one attached hydrogen (secondary N) is 2. The third-order valence-corrected chi connectivity index (χ3v) is 8.92. The van der Waals surface area contributed by atoms with Crippen LogP contribution in [0.2, 0.25) is 0 Å². The average Bonchev–Trinajstić information content (AvgIpc) is 3.40. The third-order valence-electron chi connectivity index (χ3n) is 7.53. The molecule has 3 amide bonds. The molecule has 0 saturated carbocycles. The van der Waals surface area contributed by atoms with Gasteiger partial charge in [-0.2, -0.15) is 9.36 Å². The van der Waals surface area contributed by atoms with Gasteiger partial charge in [-0.25, -0.2) is 19.7 Å². The molecule has 1 fully saturated rings. The topological polar surface area (TPSA) is 123 Å². The molecule has 2 aromatic carbocycles. The van der Waals surface area contributed by atoms with Crippen LogP contribution in [0.4, 0.5) is 10.6 Å². The van der Waals surface area contributed by atoms with Gasteiger partial charge in [-0.3, -0.25) is 9.69 Å². The lowest BCUT2D eigenvalue weighted by Crippen LogP contribution is -3.00. The number of amides is 3. The van der Waals surface area contributed by atoms with E-state index >= 15 is 0 Å². The number of ether oxygens (including phenoxy) is 2. The maximum absolute atomic E-state index is 14.4. The van der Waals surface area contributed by atoms with E-state index in [2.05, 4.69) is 10.6 Å². The summed E-state index contributed by atoms with van der Waals surface area (Å²) in [6.07, 6.45) is 0.599. The van der Waals surface area contributed by atoms with E-state index in [0.29, 0.717) is 18.1 Å². The molecule has 0 bridgehead atoms. The fraction of sp³-hybridized carbons (Fsp3) is 0.344. The number of hydrogen-bond donors (Lipinski definition) is 2. The van der Waals surface area contributed by atoms with Gasteiger partial charge in [-0.05, 0) is 38.8 Å². The summed E-state index contributed by atoms with van der Waals surface area (Å²) in [6, 6.07) is 19.7. The third kappa shape index (κ3) is 6.45. The Balaban J connectivity index is 0.00000400. The standard InChI is InChI=1S/C32H33N5O6S.HI/c1-19-25(36-17-15-22-33-23(38)16-18-35(22)36)26(37-28(39)24(29(37)44-19)34-31(41)43-32(2,3)4)30(40)42-27(20-11-7-5-8-12-20)21-13-9-6-10-14-21;/h5-15,17,19,24,27,29H,16,18H2,1-4H3,(H,34,41);1H/t19?,24-,29-;/m1./s1. The minimum Gasteiger partial charge on any atom is -1.00 e. The Labute approximate surface area is 282 Å². The molecule has 2 N–H and O–H groups in total. The Morgan fingerprint density at radius 1 is 1.02 bits per heavy atom. The van der Waals surface area contributed by atoms with Crippen LogP contribution in [-0.2, 0) is 30.4 Å². The fourth-order valence-corrected chi connectivity index (χ4v) is 7.06. The smallest absolute Gasteiger partial charge is 0.408 e. The van der Waals surface area contributed by atoms with Crippen molar-refractivity contribution in [3.8, 4) is 0 Å². The van der Waals surface area contributed by atoms with Crippen molar-refractivity contribution in [2.24, 2.45) is 0 Å². The molecule has 3 aromatic rings. The Bertz CT molecular complexity index is 1620. The first kappa shape index (κ1) is 32.5. The highest BCUT2D eigenvalue weighted by Gasteiger charge is 2.57. The van der Waals surface area contributed by atoms with Crippen molar-refractivity contribution in [1.29, 1.82) is 0 Å². The van der Waals surface area contributed by atoms with Crippen molar-refractivity contribution < 1.29 is 57.3 Å². The van der Waals surface area contributed by atoms with Crippen molar-refractivity contribution in [3.63, 3.8) is 0 Å². The molecular weight excluding hydrogens is 709 g/mol. The largest absolute Gasteiger partial charge is 1.00 e. The van der Waals surface area contributed by atoms with Gasteiger partial charge in [-0.1, -0.05) is 60.7 Å². The van der Waals surface area contributed by atoms with Crippen LogP contribution in [0.1, 0.15) is 51.3 Å². The summed E-state index contributed by atoms with van der Waals surface area (Å²) in [4.78, 5) is 54.2. The number of fused-ring (bicyclic) bond motifs is 2. The zero-order valence-corrected chi connectivity index (χ0v) is 28.2. The highest BCUT2D eigenvalue weighted by atomic mass is 127. The number of aromatic nitrogens is 2. The number of nitrogens with zero attached hydrogens (tertiary/aromatic N) is 3. The Kier molecular flexibility index (Phi) is 9.31. The molecule has 0 radical (unpaired) electrons. The zero-order valence-electron chi connectivity index (χ0n) is 25.2. The predicted molar refractivity (Wildman–Crippen MR) is 163 cm³/mol. The minimum absolute atomic E-state index is 0. The monoisotopic (exact) mass is 743 g/mol. The fourth-order valence-electron chi connectivity index (χ4n) is 5.62. The number of anilines is 1. The predicted octanol–water partition coefficient (Wildman–Crippen LogP) is 0.820. The van der Waals surface area contributed by atoms with E-state index in [1.807, 2.05) is 72.3 Å². The van der Waals surface area contributed by atoms with Gasteiger partial charge in [0.2, 0.25) is 0 Å². The molecule has 3 aliphatic heterocycles. The second kappa shape index (κ2) is 12.9. The summed E-state index contributed by atoms with van der Waals surface area (Å²) in [5, 5.41) is 4.69. The number of esters is 1. The van der Waals surface area contributed by atoms with Gasteiger partial charge in [0, 0.05) is 6.07 Å². The number of carbonyl (C=O) groups is 4. The Hall–Kier alpha value is -3.85. The van der Waals surface area contributed by atoms with Gasteiger partial charge in [0.05, 0.1) is 17.9 Å². The summed E-state index contributed by atoms with van der Waals surface area (Å²) in [6.45, 7) is 7.58. The highest BCUT2D eigenvalue weighted by molar-refractivity contribution is 8.01. The molecule has 6 rings (SSSR count). The van der Waals surface area contributed by atoms with Crippen molar-refractivity contribution >= 4 is 47.2 Å². The summed E-state index contributed by atoms with van der Waals surface area (Å²) in [7, 11) is 0. The van der Waals surface area contributed by atoms with E-state index in [1.165, 1.54) is 16.7 Å². The molecule has 13 heteroatoms. The molecule has 1 aromatic heterocycles. The second-order valence-electron chi connectivity index (χ2n) is 11.8. The van der Waals surface area contributed by atoms with E-state index in [4.69, 9.17) is 9.47 Å². The summed E-state index contributed by atoms with van der Waals surface area (Å²) in [5.41, 5.74) is 1.45. The van der Waals surface area contributed by atoms with Crippen LogP contribution in [0.15, 0.2) is 78.6 Å². The number of β-lactam (4-membered cyclic amide) rings is 1. The number of thioether (sulfide) groups is 1. The summed E-state index contributed by atoms with van der Waals surface area (Å²) >= 11 is 1.45. The first-order valence-electron chi connectivity index (χ1n) is 14.5. The minimum atomic E-state index is -0.883. The lowest BCUT2D eigenvalue weighted by Gasteiger charge is -2.51. The summed E-state index contributed by atoms with van der Waals surface area (Å²) < 4.78 is 15.4. The van der Waals surface area contributed by atoms with E-state index in [-0.39, 0.29) is 47.3 Å². The van der Waals surface area contributed by atoms with E-state index in [9.17, 15) is 19.2 Å². The highest BCUT2D eigenvalue weighted by Crippen LogP contribution is 2.46. The molecular formula is C32H34IN5O6S. The van der Waals surface area contributed by atoms with Crippen molar-refractivity contribution in [1.82, 2.24) is 14.9 Å². The lowest BCUT2D eigenvalue weighted by molar-refractivity contribution is -0.753. The zero-order chi connectivity index (χ0) is 31.2. The van der Waals surface area contributed by atoms with Crippen LogP contribution in [0, 0.1) is 0 Å². The second-order valence-corrected chi connectivity index (χ2v) is 13.3. The maximum Gasteiger partial charge on any atom is 0.408 e. The molecule has 3 aliphatic rings. The van der Waals surface area contributed by atoms with Crippen LogP contribution < -0.4 is 39.3 Å². The maximum atomic E-state index is 14.4. The molecule has 45 heavy (non-hydrogen) atoms. The van der Waals surface area contributed by atoms with Gasteiger partial charge in [-0.15, -0.1) is 11.8 Å². The first-order valence-corrected chi connectivity index (χ1v) is 15.4. The van der Waals surface area contributed by atoms with E-state index < -0.39 is 41.1 Å². The number of alkyl carbamates (subject to hydrolysis) is 1.